The van der Waals surface area contributed by atoms with Gasteiger partial charge in [-0.3, -0.25) is 9.59 Å². The fraction of sp³-hybridized carbons (Fsp3) is 0.273. The molecule has 3 aromatic rings. The lowest BCUT2D eigenvalue weighted by Gasteiger charge is -2.28. The van der Waals surface area contributed by atoms with Crippen molar-refractivity contribution in [2.75, 3.05) is 12.2 Å². The molecule has 0 bridgehead atoms. The maximum Gasteiger partial charge on any atom is 0.274 e. The highest BCUT2D eigenvalue weighted by molar-refractivity contribution is 6.32. The molecule has 0 spiro atoms. The van der Waals surface area contributed by atoms with E-state index in [0.717, 1.165) is 4.42 Å². The Balaban J connectivity index is 1.90. The lowest BCUT2D eigenvalue weighted by atomic mass is 10.1. The largest absolute Gasteiger partial charge is 0.445 e. The van der Waals surface area contributed by atoms with E-state index in [1.807, 2.05) is 20.8 Å². The van der Waals surface area contributed by atoms with Crippen LogP contribution in [-0.2, 0) is 0 Å². The third-order valence-electron chi connectivity index (χ3n) is 4.55. The van der Waals surface area contributed by atoms with Crippen molar-refractivity contribution in [2.45, 2.75) is 33.2 Å². The van der Waals surface area contributed by atoms with Crippen LogP contribution in [0.1, 0.15) is 47.2 Å². The van der Waals surface area contributed by atoms with E-state index in [9.17, 15) is 14.0 Å². The number of rotatable bonds is 6. The summed E-state index contributed by atoms with van der Waals surface area (Å²) in [6.07, 6.45) is 1.48. The third kappa shape index (κ3) is 5.43. The number of hydrogen-bond acceptors (Lipinski definition) is 5. The molecule has 0 aliphatic carbocycles. The van der Waals surface area contributed by atoms with Crippen LogP contribution >= 0.6 is 23.4 Å². The van der Waals surface area contributed by atoms with Gasteiger partial charge in [0.2, 0.25) is 12.7 Å². The normalized spacial score (nSPS) is 11.2. The SMILES string of the molecule is Cc1cc(C(=O)N(Cl)C(C)(C)C)ccc1NC(=O)c1cc(OCF)nn1-c1ncccc1Cl. The number of nitrogens with zero attached hydrogens (tertiary/aromatic N) is 4. The van der Waals surface area contributed by atoms with Gasteiger partial charge in [0.15, 0.2) is 5.82 Å². The zero-order valence-corrected chi connectivity index (χ0v) is 19.9. The lowest BCUT2D eigenvalue weighted by molar-refractivity contribution is 0.0777. The van der Waals surface area contributed by atoms with Gasteiger partial charge in [0.1, 0.15) is 5.69 Å². The van der Waals surface area contributed by atoms with Crippen LogP contribution in [-0.4, -0.2) is 43.4 Å². The van der Waals surface area contributed by atoms with Gasteiger partial charge in [-0.2, -0.15) is 0 Å². The second-order valence-electron chi connectivity index (χ2n) is 8.08. The summed E-state index contributed by atoms with van der Waals surface area (Å²) in [5.41, 5.74) is 0.929. The summed E-state index contributed by atoms with van der Waals surface area (Å²) in [5, 5.41) is 7.08. The Morgan fingerprint density at radius 1 is 1.24 bits per heavy atom. The molecule has 0 radical (unpaired) electrons. The lowest BCUT2D eigenvalue weighted by Crippen LogP contribution is -2.38. The minimum absolute atomic E-state index is 0.0262. The summed E-state index contributed by atoms with van der Waals surface area (Å²) >= 11 is 12.4. The van der Waals surface area contributed by atoms with E-state index < -0.39 is 18.3 Å². The number of carbonyl (C=O) groups is 2. The van der Waals surface area contributed by atoms with Crippen molar-refractivity contribution in [2.24, 2.45) is 0 Å². The van der Waals surface area contributed by atoms with Crippen molar-refractivity contribution in [3.05, 3.63) is 64.4 Å². The van der Waals surface area contributed by atoms with Crippen molar-refractivity contribution in [1.82, 2.24) is 19.2 Å². The number of aromatic nitrogens is 3. The Morgan fingerprint density at radius 3 is 2.58 bits per heavy atom. The van der Waals surface area contributed by atoms with Crippen molar-refractivity contribution in [1.29, 1.82) is 0 Å². The van der Waals surface area contributed by atoms with Gasteiger partial charge in [0.25, 0.3) is 11.8 Å². The maximum absolute atomic E-state index is 13.1. The van der Waals surface area contributed by atoms with Gasteiger partial charge in [-0.25, -0.2) is 18.5 Å². The quantitative estimate of drug-likeness (QED) is 0.477. The molecular weight excluding hydrogens is 472 g/mol. The summed E-state index contributed by atoms with van der Waals surface area (Å²) in [6.45, 7) is 6.08. The average molecular weight is 494 g/mol. The van der Waals surface area contributed by atoms with Crippen molar-refractivity contribution in [3.8, 4) is 11.7 Å². The van der Waals surface area contributed by atoms with Gasteiger partial charge in [-0.1, -0.05) is 11.6 Å². The van der Waals surface area contributed by atoms with Crippen LogP contribution in [0.4, 0.5) is 10.1 Å². The fourth-order valence-corrected chi connectivity index (χ4v) is 3.18. The minimum Gasteiger partial charge on any atom is -0.445 e. The first-order chi connectivity index (χ1) is 15.5. The number of benzene rings is 1. The molecule has 0 saturated heterocycles. The highest BCUT2D eigenvalue weighted by Gasteiger charge is 2.26. The number of pyridine rings is 1. The van der Waals surface area contributed by atoms with Gasteiger partial charge in [-0.15, -0.1) is 5.10 Å². The monoisotopic (exact) mass is 493 g/mol. The zero-order valence-electron chi connectivity index (χ0n) is 18.4. The zero-order chi connectivity index (χ0) is 24.3. The molecule has 33 heavy (non-hydrogen) atoms. The second kappa shape index (κ2) is 9.76. The van der Waals surface area contributed by atoms with Crippen LogP contribution in [0.25, 0.3) is 5.82 Å². The second-order valence-corrected chi connectivity index (χ2v) is 8.83. The molecule has 11 heteroatoms. The highest BCUT2D eigenvalue weighted by Crippen LogP contribution is 2.25. The molecule has 0 aliphatic heterocycles. The van der Waals surface area contributed by atoms with Crippen molar-refractivity contribution < 1.29 is 18.7 Å². The Kier molecular flexibility index (Phi) is 7.24. The predicted octanol–water partition coefficient (Wildman–Crippen LogP) is 5.18. The third-order valence-corrected chi connectivity index (χ3v) is 5.51. The van der Waals surface area contributed by atoms with Crippen LogP contribution in [0.5, 0.6) is 5.88 Å². The topological polar surface area (TPSA) is 89.4 Å². The first-order valence-corrected chi connectivity index (χ1v) is 10.6. The van der Waals surface area contributed by atoms with E-state index in [4.69, 9.17) is 28.1 Å². The molecular formula is C22H22Cl2FN5O3. The van der Waals surface area contributed by atoms with Crippen LogP contribution in [0, 0.1) is 6.92 Å². The van der Waals surface area contributed by atoms with Gasteiger partial charge in [-0.05, 0) is 63.6 Å². The molecule has 0 atom stereocenters. The van der Waals surface area contributed by atoms with Crippen LogP contribution < -0.4 is 10.1 Å². The van der Waals surface area contributed by atoms with E-state index in [1.54, 1.807) is 37.3 Å². The van der Waals surface area contributed by atoms with E-state index in [2.05, 4.69) is 15.4 Å². The molecule has 2 amide bonds. The van der Waals surface area contributed by atoms with Crippen LogP contribution in [0.15, 0.2) is 42.6 Å². The number of alkyl halides is 1. The Morgan fingerprint density at radius 2 is 1.97 bits per heavy atom. The number of carbonyl (C=O) groups excluding carboxylic acids is 2. The standard InChI is InChI=1S/C22H22Cl2FN5O3/c1-13-10-14(21(32)30(24)22(2,3)4)7-8-16(13)27-20(31)17-11-18(33-12-25)28-29(17)19-15(23)6-5-9-26-19/h5-11H,12H2,1-4H3,(H,27,31). The minimum atomic E-state index is -1.12. The Hall–Kier alpha value is -3.17. The summed E-state index contributed by atoms with van der Waals surface area (Å²) in [4.78, 5) is 29.8. The number of hydrogen-bond donors (Lipinski definition) is 1. The van der Waals surface area contributed by atoms with Crippen LogP contribution in [0.2, 0.25) is 5.02 Å². The smallest absolute Gasteiger partial charge is 0.274 e. The molecule has 0 saturated carbocycles. The summed E-state index contributed by atoms with van der Waals surface area (Å²) < 4.78 is 19.8. The molecule has 3 rings (SSSR count). The molecule has 0 unspecified atom stereocenters. The average Bonchev–Trinajstić information content (AvgIpc) is 3.17. The summed E-state index contributed by atoms with van der Waals surface area (Å²) in [5.74, 6) is -0.846. The summed E-state index contributed by atoms with van der Waals surface area (Å²) in [7, 11) is 0. The number of ether oxygens (including phenoxy) is 1. The Labute approximate surface area is 200 Å². The maximum atomic E-state index is 13.1. The molecule has 0 fully saturated rings. The van der Waals surface area contributed by atoms with E-state index in [0.29, 0.717) is 16.8 Å². The van der Waals surface area contributed by atoms with Crippen molar-refractivity contribution >= 4 is 40.9 Å². The summed E-state index contributed by atoms with van der Waals surface area (Å²) in [6, 6.07) is 9.28. The van der Waals surface area contributed by atoms with E-state index >= 15 is 0 Å². The van der Waals surface area contributed by atoms with E-state index in [-0.39, 0.29) is 28.3 Å². The number of amides is 2. The van der Waals surface area contributed by atoms with Crippen LogP contribution in [0.3, 0.4) is 0 Å². The molecule has 1 aromatic carbocycles. The van der Waals surface area contributed by atoms with Gasteiger partial charge in [0.05, 0.1) is 10.6 Å². The molecule has 0 aliphatic rings. The number of aryl methyl sites for hydroxylation is 1. The van der Waals surface area contributed by atoms with Crippen molar-refractivity contribution in [3.63, 3.8) is 0 Å². The molecule has 8 nitrogen and oxygen atoms in total. The van der Waals surface area contributed by atoms with Gasteiger partial charge in [0, 0.05) is 35.3 Å². The number of anilines is 1. The predicted molar refractivity (Wildman–Crippen MR) is 124 cm³/mol. The number of halogens is 3. The Bertz CT molecular complexity index is 1190. The van der Waals surface area contributed by atoms with E-state index in [1.165, 1.54) is 16.9 Å². The van der Waals surface area contributed by atoms with Gasteiger partial charge >= 0.3 is 0 Å². The first-order valence-electron chi connectivity index (χ1n) is 9.85. The molecule has 2 aromatic heterocycles. The first kappa shape index (κ1) is 24.5. The van der Waals surface area contributed by atoms with Gasteiger partial charge < -0.3 is 10.1 Å². The highest BCUT2D eigenvalue weighted by atomic mass is 35.5. The fourth-order valence-electron chi connectivity index (χ4n) is 2.88. The molecule has 2 heterocycles. The molecule has 1 N–H and O–H groups in total. The molecule has 174 valence electrons. The number of nitrogens with one attached hydrogen (secondary N) is 1.